The van der Waals surface area contributed by atoms with E-state index in [1.807, 2.05) is 29.2 Å². The maximum absolute atomic E-state index is 9.58. The summed E-state index contributed by atoms with van der Waals surface area (Å²) in [7, 11) is 0. The number of pyridine rings is 1. The number of rotatable bonds is 4. The second-order valence-electron chi connectivity index (χ2n) is 6.73. The number of guanidine groups is 1. The molecule has 3 rings (SSSR count). The lowest BCUT2D eigenvalue weighted by Gasteiger charge is -2.36. The molecule has 0 radical (unpaired) electrons. The number of piperazine rings is 1. The van der Waals surface area contributed by atoms with Gasteiger partial charge in [-0.25, -0.2) is 15.5 Å². The standard InChI is InChI=1S/C20H26ClN5O/c1-3-15(2)16-6-8-17(9-7-16)23-20(24-27)26-13-11-25(12-14-26)19-18(21)5-4-10-22-19/h4-10,15,27H,3,11-14H2,1-2H3,(H,23,24). The van der Waals surface area contributed by atoms with Gasteiger partial charge in [0.25, 0.3) is 0 Å². The smallest absolute Gasteiger partial charge is 0.223 e. The lowest BCUT2D eigenvalue weighted by molar-refractivity contribution is 0.207. The molecular formula is C20H26ClN5O. The van der Waals surface area contributed by atoms with Crippen LogP contribution in [-0.2, 0) is 0 Å². The minimum Gasteiger partial charge on any atom is -0.352 e. The SMILES string of the molecule is CCC(C)c1ccc(N=C(NO)N2CCN(c3ncccc3Cl)CC2)cc1. The molecule has 1 saturated heterocycles. The molecule has 7 heteroatoms. The third kappa shape index (κ3) is 4.70. The van der Waals surface area contributed by atoms with Gasteiger partial charge in [-0.3, -0.25) is 5.21 Å². The number of nitrogens with zero attached hydrogens (tertiary/aromatic N) is 4. The minimum absolute atomic E-state index is 0.457. The zero-order valence-corrected chi connectivity index (χ0v) is 16.5. The van der Waals surface area contributed by atoms with Gasteiger partial charge in [0.15, 0.2) is 0 Å². The number of benzene rings is 1. The summed E-state index contributed by atoms with van der Waals surface area (Å²) in [6, 6.07) is 11.9. The summed E-state index contributed by atoms with van der Waals surface area (Å²) in [5.41, 5.74) is 4.37. The van der Waals surface area contributed by atoms with Crippen molar-refractivity contribution in [3.8, 4) is 0 Å². The van der Waals surface area contributed by atoms with Crippen molar-refractivity contribution < 1.29 is 5.21 Å². The van der Waals surface area contributed by atoms with E-state index >= 15 is 0 Å². The topological polar surface area (TPSA) is 64.0 Å². The van der Waals surface area contributed by atoms with E-state index in [1.54, 1.807) is 6.20 Å². The van der Waals surface area contributed by atoms with Gasteiger partial charge < -0.3 is 9.80 Å². The average Bonchev–Trinajstić information content (AvgIpc) is 2.72. The Kier molecular flexibility index (Phi) is 6.53. The monoisotopic (exact) mass is 387 g/mol. The summed E-state index contributed by atoms with van der Waals surface area (Å²) >= 11 is 6.24. The highest BCUT2D eigenvalue weighted by molar-refractivity contribution is 6.32. The van der Waals surface area contributed by atoms with Crippen molar-refractivity contribution in [2.75, 3.05) is 31.1 Å². The third-order valence-electron chi connectivity index (χ3n) is 5.03. The minimum atomic E-state index is 0.457. The van der Waals surface area contributed by atoms with Crippen molar-refractivity contribution in [1.29, 1.82) is 0 Å². The number of hydrogen-bond acceptors (Lipinski definition) is 4. The highest BCUT2D eigenvalue weighted by atomic mass is 35.5. The van der Waals surface area contributed by atoms with Gasteiger partial charge in [0.1, 0.15) is 5.82 Å². The van der Waals surface area contributed by atoms with Crippen LogP contribution < -0.4 is 10.4 Å². The van der Waals surface area contributed by atoms with E-state index in [0.717, 1.165) is 31.0 Å². The van der Waals surface area contributed by atoms with E-state index < -0.39 is 0 Å². The fourth-order valence-corrected chi connectivity index (χ4v) is 3.38. The highest BCUT2D eigenvalue weighted by Crippen LogP contribution is 2.24. The van der Waals surface area contributed by atoms with E-state index in [1.165, 1.54) is 5.56 Å². The summed E-state index contributed by atoms with van der Waals surface area (Å²) in [5, 5.41) is 10.2. The Morgan fingerprint density at radius 3 is 2.52 bits per heavy atom. The van der Waals surface area contributed by atoms with Crippen molar-refractivity contribution in [3.63, 3.8) is 0 Å². The maximum atomic E-state index is 9.58. The first-order chi connectivity index (χ1) is 13.1. The van der Waals surface area contributed by atoms with Crippen LogP contribution in [0.4, 0.5) is 11.5 Å². The normalized spacial score (nSPS) is 16.4. The predicted octanol–water partition coefficient (Wildman–Crippen LogP) is 4.04. The first-order valence-electron chi connectivity index (χ1n) is 9.31. The van der Waals surface area contributed by atoms with Crippen LogP contribution >= 0.6 is 11.6 Å². The number of aromatic nitrogens is 1. The van der Waals surface area contributed by atoms with Crippen LogP contribution in [0.25, 0.3) is 0 Å². The van der Waals surface area contributed by atoms with Crippen molar-refractivity contribution in [1.82, 2.24) is 15.4 Å². The van der Waals surface area contributed by atoms with Crippen LogP contribution in [0.2, 0.25) is 5.02 Å². The summed E-state index contributed by atoms with van der Waals surface area (Å²) in [5.74, 6) is 1.79. The lowest BCUT2D eigenvalue weighted by atomic mass is 9.99. The third-order valence-corrected chi connectivity index (χ3v) is 5.32. The molecule has 2 N–H and O–H groups in total. The maximum Gasteiger partial charge on any atom is 0.223 e. The average molecular weight is 388 g/mol. The molecule has 144 valence electrons. The van der Waals surface area contributed by atoms with Crippen molar-refractivity contribution in [3.05, 3.63) is 53.2 Å². The highest BCUT2D eigenvalue weighted by Gasteiger charge is 2.22. The number of halogens is 1. The lowest BCUT2D eigenvalue weighted by Crippen LogP contribution is -2.52. The second kappa shape index (κ2) is 9.06. The number of aliphatic imine (C=N–C) groups is 1. The molecule has 1 atom stereocenters. The number of hydrogen-bond donors (Lipinski definition) is 2. The van der Waals surface area contributed by atoms with Gasteiger partial charge in [-0.2, -0.15) is 0 Å². The molecule has 2 aromatic rings. The van der Waals surface area contributed by atoms with Gasteiger partial charge in [0.2, 0.25) is 5.96 Å². The number of anilines is 1. The van der Waals surface area contributed by atoms with Crippen LogP contribution in [0.15, 0.2) is 47.6 Å². The molecule has 0 amide bonds. The van der Waals surface area contributed by atoms with Crippen molar-refractivity contribution in [2.45, 2.75) is 26.2 Å². The zero-order chi connectivity index (χ0) is 19.2. The Hall–Kier alpha value is -2.31. The molecule has 0 spiro atoms. The molecule has 0 aliphatic carbocycles. The molecule has 0 bridgehead atoms. The Labute approximate surface area is 165 Å². The summed E-state index contributed by atoms with van der Waals surface area (Å²) < 4.78 is 0. The first-order valence-corrected chi connectivity index (χ1v) is 9.69. The fourth-order valence-electron chi connectivity index (χ4n) is 3.14. The summed E-state index contributed by atoms with van der Waals surface area (Å²) in [6.45, 7) is 7.33. The molecule has 0 saturated carbocycles. The summed E-state index contributed by atoms with van der Waals surface area (Å²) in [4.78, 5) is 13.1. The van der Waals surface area contributed by atoms with Gasteiger partial charge in [0.05, 0.1) is 10.7 Å². The molecule has 1 aliphatic heterocycles. The molecule has 1 aromatic heterocycles. The second-order valence-corrected chi connectivity index (χ2v) is 7.14. The number of hydroxylamine groups is 1. The van der Waals surface area contributed by atoms with E-state index in [2.05, 4.69) is 46.3 Å². The van der Waals surface area contributed by atoms with Crippen molar-refractivity contribution in [2.24, 2.45) is 4.99 Å². The first kappa shape index (κ1) is 19.5. The van der Waals surface area contributed by atoms with E-state index in [9.17, 15) is 5.21 Å². The van der Waals surface area contributed by atoms with Crippen LogP contribution in [0, 0.1) is 0 Å². The zero-order valence-electron chi connectivity index (χ0n) is 15.8. The largest absolute Gasteiger partial charge is 0.352 e. The van der Waals surface area contributed by atoms with Gasteiger partial charge >= 0.3 is 0 Å². The van der Waals surface area contributed by atoms with Crippen LogP contribution in [0.1, 0.15) is 31.7 Å². The molecule has 1 aliphatic rings. The van der Waals surface area contributed by atoms with Gasteiger partial charge in [-0.1, -0.05) is 37.6 Å². The molecule has 1 fully saturated rings. The van der Waals surface area contributed by atoms with Gasteiger partial charge in [0, 0.05) is 32.4 Å². The van der Waals surface area contributed by atoms with Gasteiger partial charge in [-0.05, 0) is 42.2 Å². The Bertz CT molecular complexity index is 772. The van der Waals surface area contributed by atoms with E-state index in [0.29, 0.717) is 30.0 Å². The molecule has 1 aromatic carbocycles. The Morgan fingerprint density at radius 2 is 1.93 bits per heavy atom. The van der Waals surface area contributed by atoms with Crippen molar-refractivity contribution >= 4 is 29.1 Å². The van der Waals surface area contributed by atoms with Crippen LogP contribution in [-0.4, -0.2) is 47.2 Å². The Balaban J connectivity index is 1.66. The summed E-state index contributed by atoms with van der Waals surface area (Å²) in [6.07, 6.45) is 2.86. The number of nitrogens with one attached hydrogen (secondary N) is 1. The molecular weight excluding hydrogens is 362 g/mol. The molecule has 1 unspecified atom stereocenters. The quantitative estimate of drug-likeness (QED) is 0.471. The van der Waals surface area contributed by atoms with E-state index in [-0.39, 0.29) is 0 Å². The molecule has 2 heterocycles. The fraction of sp³-hybridized carbons (Fsp3) is 0.400. The Morgan fingerprint density at radius 1 is 1.22 bits per heavy atom. The van der Waals surface area contributed by atoms with Crippen LogP contribution in [0.3, 0.4) is 0 Å². The predicted molar refractivity (Wildman–Crippen MR) is 110 cm³/mol. The molecule has 6 nitrogen and oxygen atoms in total. The van der Waals surface area contributed by atoms with E-state index in [4.69, 9.17) is 11.6 Å². The van der Waals surface area contributed by atoms with Crippen LogP contribution in [0.5, 0.6) is 0 Å². The molecule has 27 heavy (non-hydrogen) atoms. The van der Waals surface area contributed by atoms with Gasteiger partial charge in [-0.15, -0.1) is 0 Å².